The highest BCUT2D eigenvalue weighted by atomic mass is 31.3. The Morgan fingerprint density at radius 2 is 1.95 bits per heavy atom. The Kier molecular flexibility index (Phi) is 11.5. The lowest BCUT2D eigenvalue weighted by Crippen LogP contribution is -2.29. The smallest absolute Gasteiger partial charge is 0.382 e. The van der Waals surface area contributed by atoms with Crippen LogP contribution in [-0.4, -0.2) is 60.6 Å². The number of carbonyl (C=O) groups excluding carboxylic acids is 2. The fourth-order valence-corrected chi connectivity index (χ4v) is 6.04. The van der Waals surface area contributed by atoms with Crippen LogP contribution in [0, 0.1) is 11.8 Å². The van der Waals surface area contributed by atoms with Crippen molar-refractivity contribution in [2.75, 3.05) is 18.9 Å². The second kappa shape index (κ2) is 13.7. The average molecular weight is 602 g/mol. The lowest BCUT2D eigenvalue weighted by molar-refractivity contribution is -0.121. The van der Waals surface area contributed by atoms with Gasteiger partial charge in [0.25, 0.3) is 0 Å². The molecule has 1 amide bonds. The first kappa shape index (κ1) is 32.0. The maximum atomic E-state index is 12.3. The van der Waals surface area contributed by atoms with Gasteiger partial charge in [0.2, 0.25) is 5.91 Å². The van der Waals surface area contributed by atoms with E-state index in [1.54, 1.807) is 0 Å². The predicted molar refractivity (Wildman–Crippen MR) is 126 cm³/mol. The highest BCUT2D eigenvalue weighted by Crippen LogP contribution is 2.66. The molecule has 0 aliphatic carbocycles. The fourth-order valence-electron chi connectivity index (χ4n) is 3.00. The van der Waals surface area contributed by atoms with Gasteiger partial charge in [-0.1, -0.05) is 11.8 Å². The molecule has 0 radical (unpaired) electrons. The first-order chi connectivity index (χ1) is 17.6. The number of aromatic nitrogens is 2. The first-order valence-electron chi connectivity index (χ1n) is 10.6. The topological polar surface area (TPSA) is 276 Å². The summed E-state index contributed by atoms with van der Waals surface area (Å²) in [4.78, 5) is 73.7. The van der Waals surface area contributed by atoms with Crippen molar-refractivity contribution in [1.29, 1.82) is 0 Å². The number of rotatable bonds is 13. The highest BCUT2D eigenvalue weighted by Gasteiger charge is 2.41. The van der Waals surface area contributed by atoms with Crippen molar-refractivity contribution in [3.05, 3.63) is 22.2 Å². The molecular weight excluding hydrogens is 577 g/mol. The molecule has 0 saturated carbocycles. The Morgan fingerprint density at radius 3 is 2.61 bits per heavy atom. The Hall–Kier alpha value is -2.25. The number of nitrogens with one attached hydrogen (secondary N) is 1. The van der Waals surface area contributed by atoms with Crippen LogP contribution < -0.4 is 16.7 Å². The SMILES string of the molecule is Nc1nc(=O)n([C@H]2CC[C@@H](COP(=O)(O)OP(=O)(O)OP(=O)(O)O)O2)cc1C#CCNC(=O)CCCC=O. The summed E-state index contributed by atoms with van der Waals surface area (Å²) in [6.07, 6.45) is 1.41. The Labute approximate surface area is 214 Å². The Balaban J connectivity index is 1.96. The minimum atomic E-state index is -5.65. The number of anilines is 1. The molecule has 0 aromatic carbocycles. The molecule has 2 rings (SSSR count). The quantitative estimate of drug-likeness (QED) is 0.0730. The molecule has 21 heteroatoms. The van der Waals surface area contributed by atoms with Crippen molar-refractivity contribution in [1.82, 2.24) is 14.9 Å². The van der Waals surface area contributed by atoms with Crippen molar-refractivity contribution >= 4 is 41.5 Å². The van der Waals surface area contributed by atoms with Crippen LogP contribution in [0.25, 0.3) is 0 Å². The number of phosphoric ester groups is 1. The largest absolute Gasteiger partial charge is 0.490 e. The van der Waals surface area contributed by atoms with E-state index < -0.39 is 48.1 Å². The van der Waals surface area contributed by atoms with E-state index in [1.807, 2.05) is 0 Å². The number of phosphoric acid groups is 3. The number of aldehydes is 1. The molecule has 1 saturated heterocycles. The summed E-state index contributed by atoms with van der Waals surface area (Å²) in [6.45, 7) is -0.697. The predicted octanol–water partition coefficient (Wildman–Crippen LogP) is -0.317. The molecule has 7 N–H and O–H groups in total. The maximum absolute atomic E-state index is 12.3. The summed E-state index contributed by atoms with van der Waals surface area (Å²) < 4.78 is 52.3. The van der Waals surface area contributed by atoms with E-state index in [1.165, 1.54) is 6.20 Å². The second-order valence-corrected chi connectivity index (χ2v) is 12.0. The molecule has 38 heavy (non-hydrogen) atoms. The van der Waals surface area contributed by atoms with Crippen LogP contribution >= 0.6 is 23.5 Å². The highest BCUT2D eigenvalue weighted by molar-refractivity contribution is 7.66. The summed E-state index contributed by atoms with van der Waals surface area (Å²) >= 11 is 0. The van der Waals surface area contributed by atoms with E-state index in [0.29, 0.717) is 12.7 Å². The van der Waals surface area contributed by atoms with Crippen LogP contribution in [0.3, 0.4) is 0 Å². The number of nitrogens with zero attached hydrogens (tertiary/aromatic N) is 2. The standard InChI is InChI=1S/C17H25N4O14P3/c18-16-12(4-3-8-19-14(23)5-1-2-9-22)10-21(17(24)20-16)15-7-6-13(33-15)11-32-37(28,29)35-38(30,31)34-36(25,26)27/h9-10,13,15H,1-2,5-8,11H2,(H,19,23)(H,28,29)(H,30,31)(H2,18,20,24)(H2,25,26,27)/t13-,15+/m0/s1. The zero-order valence-electron chi connectivity index (χ0n) is 19.4. The summed E-state index contributed by atoms with van der Waals surface area (Å²) in [5.41, 5.74) is 5.11. The molecule has 1 fully saturated rings. The third-order valence-corrected chi connectivity index (χ3v) is 8.34. The van der Waals surface area contributed by atoms with Crippen LogP contribution in [0.2, 0.25) is 0 Å². The molecule has 0 spiro atoms. The Morgan fingerprint density at radius 1 is 1.24 bits per heavy atom. The monoisotopic (exact) mass is 602 g/mol. The number of hydrogen-bond donors (Lipinski definition) is 6. The van der Waals surface area contributed by atoms with Gasteiger partial charge in [-0.2, -0.15) is 13.6 Å². The maximum Gasteiger partial charge on any atom is 0.490 e. The molecule has 18 nitrogen and oxygen atoms in total. The molecule has 1 aliphatic heterocycles. The van der Waals surface area contributed by atoms with Crippen molar-refractivity contribution in [2.45, 2.75) is 44.4 Å². The van der Waals surface area contributed by atoms with Crippen LogP contribution in [-0.2, 0) is 41.2 Å². The number of ether oxygens (including phenoxy) is 1. The van der Waals surface area contributed by atoms with E-state index in [2.05, 4.69) is 35.3 Å². The fraction of sp³-hybridized carbons (Fsp3) is 0.529. The number of carbonyl (C=O) groups is 2. The minimum Gasteiger partial charge on any atom is -0.382 e. The van der Waals surface area contributed by atoms with Gasteiger partial charge < -0.3 is 40.2 Å². The van der Waals surface area contributed by atoms with E-state index in [0.717, 1.165) is 4.57 Å². The summed E-state index contributed by atoms with van der Waals surface area (Å²) in [6, 6.07) is 0. The lowest BCUT2D eigenvalue weighted by Gasteiger charge is -2.19. The lowest BCUT2D eigenvalue weighted by atomic mass is 10.2. The van der Waals surface area contributed by atoms with Gasteiger partial charge in [0.15, 0.2) is 0 Å². The molecule has 212 valence electrons. The van der Waals surface area contributed by atoms with E-state index in [9.17, 15) is 37.9 Å². The van der Waals surface area contributed by atoms with Crippen LogP contribution in [0.1, 0.15) is 43.9 Å². The summed E-state index contributed by atoms with van der Waals surface area (Å²) in [5.74, 6) is 4.86. The van der Waals surface area contributed by atoms with Gasteiger partial charge in [-0.3, -0.25) is 13.9 Å². The minimum absolute atomic E-state index is 0.0267. The molecule has 2 heterocycles. The molecule has 1 aromatic heterocycles. The first-order valence-corrected chi connectivity index (χ1v) is 15.1. The van der Waals surface area contributed by atoms with E-state index in [-0.39, 0.29) is 49.5 Å². The van der Waals surface area contributed by atoms with Crippen molar-refractivity contribution in [2.24, 2.45) is 0 Å². The summed E-state index contributed by atoms with van der Waals surface area (Å²) in [7, 11) is -16.5. The van der Waals surface area contributed by atoms with E-state index >= 15 is 0 Å². The van der Waals surface area contributed by atoms with Crippen LogP contribution in [0.15, 0.2) is 11.0 Å². The zero-order chi connectivity index (χ0) is 28.6. The third kappa shape index (κ3) is 11.2. The second-order valence-electron chi connectivity index (χ2n) is 7.54. The zero-order valence-corrected chi connectivity index (χ0v) is 22.1. The van der Waals surface area contributed by atoms with Gasteiger partial charge in [0, 0.05) is 19.0 Å². The average Bonchev–Trinajstić information content (AvgIpc) is 3.23. The van der Waals surface area contributed by atoms with Crippen molar-refractivity contribution in [3.8, 4) is 11.8 Å². The normalized spacial score (nSPS) is 20.5. The van der Waals surface area contributed by atoms with Crippen molar-refractivity contribution < 1.29 is 60.7 Å². The molecule has 2 unspecified atom stereocenters. The van der Waals surface area contributed by atoms with Gasteiger partial charge in [-0.15, -0.1) is 0 Å². The van der Waals surface area contributed by atoms with Crippen molar-refractivity contribution in [3.63, 3.8) is 0 Å². The number of unbranched alkanes of at least 4 members (excludes halogenated alkanes) is 1. The molecular formula is C17H25N4O14P3. The number of nitrogen functional groups attached to an aromatic ring is 1. The van der Waals surface area contributed by atoms with Gasteiger partial charge in [-0.05, 0) is 19.3 Å². The molecule has 1 aromatic rings. The van der Waals surface area contributed by atoms with Crippen LogP contribution in [0.5, 0.6) is 0 Å². The molecule has 0 bridgehead atoms. The third-order valence-electron chi connectivity index (χ3n) is 4.54. The number of nitrogens with two attached hydrogens (primary N) is 1. The molecule has 4 atom stereocenters. The van der Waals surface area contributed by atoms with E-state index in [4.69, 9.17) is 20.3 Å². The van der Waals surface area contributed by atoms with Gasteiger partial charge in [0.05, 0.1) is 24.8 Å². The Bertz CT molecular complexity index is 1280. The number of amides is 1. The molecule has 1 aliphatic rings. The number of hydrogen-bond acceptors (Lipinski definition) is 12. The van der Waals surface area contributed by atoms with Gasteiger partial charge in [0.1, 0.15) is 18.3 Å². The van der Waals surface area contributed by atoms with Crippen LogP contribution in [0.4, 0.5) is 5.82 Å². The van der Waals surface area contributed by atoms with Gasteiger partial charge >= 0.3 is 29.2 Å². The summed E-state index contributed by atoms with van der Waals surface area (Å²) in [5, 5.41) is 2.54. The van der Waals surface area contributed by atoms with Gasteiger partial charge in [-0.25, -0.2) is 18.5 Å².